The average molecular weight is 238 g/mol. The van der Waals surface area contributed by atoms with Crippen LogP contribution in [0.4, 0.5) is 13.2 Å². The van der Waals surface area contributed by atoms with Crippen molar-refractivity contribution in [1.82, 2.24) is 0 Å². The molecule has 0 aliphatic rings. The maximum atomic E-state index is 11.8. The van der Waals surface area contributed by atoms with Crippen LogP contribution >= 0.6 is 0 Å². The van der Waals surface area contributed by atoms with Gasteiger partial charge in [0, 0.05) is 19.3 Å². The van der Waals surface area contributed by atoms with Crippen LogP contribution in [0.3, 0.4) is 0 Å². The fourth-order valence-corrected chi connectivity index (χ4v) is 1.24. The molecule has 0 amide bonds. The molecule has 0 aliphatic carbocycles. The van der Waals surface area contributed by atoms with Crippen LogP contribution in [-0.4, -0.2) is 12.0 Å². The van der Waals surface area contributed by atoms with Crippen LogP contribution < -0.4 is 0 Å². The molecule has 0 heterocycles. The van der Waals surface area contributed by atoms with E-state index < -0.39 is 12.6 Å². The second-order valence-corrected chi connectivity index (χ2v) is 5.48. The lowest BCUT2D eigenvalue weighted by atomic mass is 9.79. The maximum absolute atomic E-state index is 11.8. The summed E-state index contributed by atoms with van der Waals surface area (Å²) < 4.78 is 35.5. The molecule has 0 fully saturated rings. The summed E-state index contributed by atoms with van der Waals surface area (Å²) in [5, 5.41) is 0. The first-order valence-electron chi connectivity index (χ1n) is 5.61. The molecule has 0 saturated heterocycles. The highest BCUT2D eigenvalue weighted by Crippen LogP contribution is 2.29. The van der Waals surface area contributed by atoms with Gasteiger partial charge in [0.1, 0.15) is 5.78 Å². The summed E-state index contributed by atoms with van der Waals surface area (Å²) in [6.07, 6.45) is -4.67. The van der Waals surface area contributed by atoms with Gasteiger partial charge in [0.2, 0.25) is 0 Å². The SMILES string of the molecule is CC(CC(=O)CCCC(F)(F)F)C(C)(C)C. The van der Waals surface area contributed by atoms with E-state index >= 15 is 0 Å². The van der Waals surface area contributed by atoms with Crippen molar-refractivity contribution in [3.05, 3.63) is 0 Å². The van der Waals surface area contributed by atoms with Gasteiger partial charge in [-0.2, -0.15) is 13.2 Å². The van der Waals surface area contributed by atoms with E-state index in [1.54, 1.807) is 0 Å². The van der Waals surface area contributed by atoms with Crippen LogP contribution in [0.1, 0.15) is 53.4 Å². The van der Waals surface area contributed by atoms with E-state index in [0.717, 1.165) is 0 Å². The van der Waals surface area contributed by atoms with Crippen LogP contribution in [0.15, 0.2) is 0 Å². The molecule has 1 atom stereocenters. The van der Waals surface area contributed by atoms with Crippen molar-refractivity contribution < 1.29 is 18.0 Å². The first kappa shape index (κ1) is 15.5. The lowest BCUT2D eigenvalue weighted by molar-refractivity contribution is -0.137. The number of carbonyl (C=O) groups is 1. The van der Waals surface area contributed by atoms with E-state index in [0.29, 0.717) is 6.42 Å². The molecular weight excluding hydrogens is 217 g/mol. The summed E-state index contributed by atoms with van der Waals surface area (Å²) >= 11 is 0. The monoisotopic (exact) mass is 238 g/mol. The predicted molar refractivity (Wildman–Crippen MR) is 58.1 cm³/mol. The Morgan fingerprint density at radius 2 is 1.69 bits per heavy atom. The van der Waals surface area contributed by atoms with Crippen LogP contribution in [0.5, 0.6) is 0 Å². The molecule has 1 nitrogen and oxygen atoms in total. The zero-order chi connectivity index (χ0) is 13.0. The van der Waals surface area contributed by atoms with E-state index in [2.05, 4.69) is 0 Å². The Morgan fingerprint density at radius 3 is 2.06 bits per heavy atom. The van der Waals surface area contributed by atoms with Gasteiger partial charge in [0.05, 0.1) is 0 Å². The number of alkyl halides is 3. The molecule has 0 aromatic carbocycles. The second kappa shape index (κ2) is 5.69. The molecule has 0 aliphatic heterocycles. The molecule has 0 aromatic rings. The van der Waals surface area contributed by atoms with Crippen LogP contribution in [0, 0.1) is 11.3 Å². The Morgan fingerprint density at radius 1 is 1.19 bits per heavy atom. The zero-order valence-corrected chi connectivity index (χ0v) is 10.4. The Bertz CT molecular complexity index is 225. The first-order chi connectivity index (χ1) is 7.02. The van der Waals surface area contributed by atoms with Crippen LogP contribution in [0.2, 0.25) is 0 Å². The van der Waals surface area contributed by atoms with E-state index in [1.807, 2.05) is 27.7 Å². The van der Waals surface area contributed by atoms with Gasteiger partial charge in [-0.3, -0.25) is 4.79 Å². The molecule has 0 bridgehead atoms. The van der Waals surface area contributed by atoms with Gasteiger partial charge in [0.15, 0.2) is 0 Å². The lowest BCUT2D eigenvalue weighted by Gasteiger charge is -2.26. The quantitative estimate of drug-likeness (QED) is 0.695. The summed E-state index contributed by atoms with van der Waals surface area (Å²) in [5.41, 5.74) is 0.0275. The number of hydrogen-bond acceptors (Lipinski definition) is 1. The summed E-state index contributed by atoms with van der Waals surface area (Å²) in [6, 6.07) is 0. The molecule has 4 heteroatoms. The van der Waals surface area contributed by atoms with Gasteiger partial charge in [-0.1, -0.05) is 27.7 Å². The van der Waals surface area contributed by atoms with Crippen molar-refractivity contribution in [3.8, 4) is 0 Å². The van der Waals surface area contributed by atoms with Crippen molar-refractivity contribution in [1.29, 1.82) is 0 Å². The Labute approximate surface area is 95.4 Å². The fraction of sp³-hybridized carbons (Fsp3) is 0.917. The van der Waals surface area contributed by atoms with Crippen molar-refractivity contribution in [2.75, 3.05) is 0 Å². The fourth-order valence-electron chi connectivity index (χ4n) is 1.24. The Hall–Kier alpha value is -0.540. The van der Waals surface area contributed by atoms with Crippen molar-refractivity contribution in [2.24, 2.45) is 11.3 Å². The maximum Gasteiger partial charge on any atom is 0.389 e. The third-order valence-electron chi connectivity index (χ3n) is 2.93. The molecular formula is C12H21F3O. The zero-order valence-electron chi connectivity index (χ0n) is 10.4. The molecule has 16 heavy (non-hydrogen) atoms. The Kier molecular flexibility index (Phi) is 5.50. The van der Waals surface area contributed by atoms with E-state index in [1.165, 1.54) is 0 Å². The predicted octanol–water partition coefficient (Wildman–Crippen LogP) is 4.36. The number of halogens is 3. The molecule has 0 saturated carbocycles. The minimum absolute atomic E-state index is 0.0275. The van der Waals surface area contributed by atoms with Gasteiger partial charge in [-0.25, -0.2) is 0 Å². The van der Waals surface area contributed by atoms with E-state index in [-0.39, 0.29) is 30.0 Å². The highest BCUT2D eigenvalue weighted by atomic mass is 19.4. The third-order valence-corrected chi connectivity index (χ3v) is 2.93. The summed E-state index contributed by atoms with van der Waals surface area (Å²) in [6.45, 7) is 8.05. The molecule has 0 rings (SSSR count). The summed E-state index contributed by atoms with van der Waals surface area (Å²) in [4.78, 5) is 11.4. The summed E-state index contributed by atoms with van der Waals surface area (Å²) in [5.74, 6) is 0.137. The molecule has 0 N–H and O–H groups in total. The molecule has 0 spiro atoms. The topological polar surface area (TPSA) is 17.1 Å². The minimum Gasteiger partial charge on any atom is -0.300 e. The van der Waals surface area contributed by atoms with Gasteiger partial charge >= 0.3 is 6.18 Å². The number of hydrogen-bond donors (Lipinski definition) is 0. The summed E-state index contributed by atoms with van der Waals surface area (Å²) in [7, 11) is 0. The van der Waals surface area contributed by atoms with Crippen molar-refractivity contribution in [2.45, 2.75) is 59.6 Å². The molecule has 0 radical (unpaired) electrons. The average Bonchev–Trinajstić information content (AvgIpc) is 1.99. The molecule has 1 unspecified atom stereocenters. The van der Waals surface area contributed by atoms with Gasteiger partial charge in [-0.05, 0) is 17.8 Å². The standard InChI is InChI=1S/C12H21F3O/c1-9(11(2,3)4)8-10(16)6-5-7-12(13,14)15/h9H,5-8H2,1-4H3. The Balaban J connectivity index is 3.84. The van der Waals surface area contributed by atoms with E-state index in [9.17, 15) is 18.0 Å². The first-order valence-corrected chi connectivity index (χ1v) is 5.61. The van der Waals surface area contributed by atoms with Crippen LogP contribution in [-0.2, 0) is 4.79 Å². The van der Waals surface area contributed by atoms with Gasteiger partial charge in [-0.15, -0.1) is 0 Å². The van der Waals surface area contributed by atoms with Gasteiger partial charge in [0.25, 0.3) is 0 Å². The number of ketones is 1. The largest absolute Gasteiger partial charge is 0.389 e. The van der Waals surface area contributed by atoms with E-state index in [4.69, 9.17) is 0 Å². The van der Waals surface area contributed by atoms with Crippen LogP contribution in [0.25, 0.3) is 0 Å². The lowest BCUT2D eigenvalue weighted by Crippen LogP contribution is -2.20. The highest BCUT2D eigenvalue weighted by molar-refractivity contribution is 5.78. The number of Topliss-reactive ketones (excluding diaryl/α,β-unsaturated/α-hetero) is 1. The van der Waals surface area contributed by atoms with Crippen molar-refractivity contribution in [3.63, 3.8) is 0 Å². The molecule has 0 aromatic heterocycles. The third kappa shape index (κ3) is 7.71. The second-order valence-electron chi connectivity index (χ2n) is 5.48. The number of rotatable bonds is 5. The molecule has 96 valence electrons. The van der Waals surface area contributed by atoms with Crippen molar-refractivity contribution >= 4 is 5.78 Å². The smallest absolute Gasteiger partial charge is 0.300 e. The minimum atomic E-state index is -4.14. The normalized spacial score (nSPS) is 14.9. The number of carbonyl (C=O) groups excluding carboxylic acids is 1. The van der Waals surface area contributed by atoms with Gasteiger partial charge < -0.3 is 0 Å². The highest BCUT2D eigenvalue weighted by Gasteiger charge is 2.27.